The van der Waals surface area contributed by atoms with Crippen LogP contribution in [-0.4, -0.2) is 0 Å². The standard InChI is InChI=1S/C15H17F2NO/c1-9-4-7-15(19-9)11(3)18-10(2)12-5-6-13(16)14(17)8-12/h4-8,10-11,18H,1-3H3. The highest BCUT2D eigenvalue weighted by atomic mass is 19.2. The van der Waals surface area contributed by atoms with Crippen molar-refractivity contribution in [2.75, 3.05) is 0 Å². The van der Waals surface area contributed by atoms with Gasteiger partial charge in [0.15, 0.2) is 11.6 Å². The Morgan fingerprint density at radius 1 is 1.00 bits per heavy atom. The molecule has 1 aromatic carbocycles. The molecule has 1 heterocycles. The molecular weight excluding hydrogens is 248 g/mol. The molecule has 0 bridgehead atoms. The van der Waals surface area contributed by atoms with Crippen LogP contribution in [-0.2, 0) is 0 Å². The Bertz CT molecular complexity index is 565. The van der Waals surface area contributed by atoms with Crippen LogP contribution >= 0.6 is 0 Å². The lowest BCUT2D eigenvalue weighted by atomic mass is 10.1. The van der Waals surface area contributed by atoms with Crippen LogP contribution in [0, 0.1) is 18.6 Å². The molecule has 2 nitrogen and oxygen atoms in total. The second-order valence-corrected chi connectivity index (χ2v) is 4.73. The van der Waals surface area contributed by atoms with Crippen LogP contribution in [0.4, 0.5) is 8.78 Å². The van der Waals surface area contributed by atoms with Crippen molar-refractivity contribution < 1.29 is 13.2 Å². The number of benzene rings is 1. The summed E-state index contributed by atoms with van der Waals surface area (Å²) >= 11 is 0. The lowest BCUT2D eigenvalue weighted by Crippen LogP contribution is -2.22. The molecule has 0 aliphatic rings. The van der Waals surface area contributed by atoms with Crippen LogP contribution in [0.1, 0.15) is 43.0 Å². The molecular formula is C15H17F2NO. The Kier molecular flexibility index (Phi) is 4.00. The van der Waals surface area contributed by atoms with E-state index in [9.17, 15) is 8.78 Å². The molecule has 1 aromatic heterocycles. The second kappa shape index (κ2) is 5.53. The van der Waals surface area contributed by atoms with E-state index >= 15 is 0 Å². The van der Waals surface area contributed by atoms with Crippen molar-refractivity contribution in [1.82, 2.24) is 5.32 Å². The lowest BCUT2D eigenvalue weighted by molar-refractivity contribution is 0.391. The van der Waals surface area contributed by atoms with E-state index in [1.54, 1.807) is 6.07 Å². The van der Waals surface area contributed by atoms with Crippen molar-refractivity contribution in [2.45, 2.75) is 32.9 Å². The Balaban J connectivity index is 2.07. The van der Waals surface area contributed by atoms with Crippen molar-refractivity contribution >= 4 is 0 Å². The fraction of sp³-hybridized carbons (Fsp3) is 0.333. The second-order valence-electron chi connectivity index (χ2n) is 4.73. The summed E-state index contributed by atoms with van der Waals surface area (Å²) in [6.07, 6.45) is 0. The van der Waals surface area contributed by atoms with Gasteiger partial charge in [0.1, 0.15) is 11.5 Å². The summed E-state index contributed by atoms with van der Waals surface area (Å²) in [6.45, 7) is 5.75. The van der Waals surface area contributed by atoms with Crippen molar-refractivity contribution in [3.63, 3.8) is 0 Å². The number of hydrogen-bond donors (Lipinski definition) is 1. The van der Waals surface area contributed by atoms with Gasteiger partial charge in [-0.3, -0.25) is 0 Å². The Morgan fingerprint density at radius 2 is 1.74 bits per heavy atom. The van der Waals surface area contributed by atoms with E-state index in [2.05, 4.69) is 5.32 Å². The third kappa shape index (κ3) is 3.20. The quantitative estimate of drug-likeness (QED) is 0.892. The van der Waals surface area contributed by atoms with Gasteiger partial charge in [0.2, 0.25) is 0 Å². The van der Waals surface area contributed by atoms with Crippen LogP contribution in [0.3, 0.4) is 0 Å². The molecule has 0 saturated heterocycles. The first-order valence-electron chi connectivity index (χ1n) is 6.24. The molecule has 0 aliphatic carbocycles. The maximum atomic E-state index is 13.2. The van der Waals surface area contributed by atoms with E-state index in [1.807, 2.05) is 32.9 Å². The summed E-state index contributed by atoms with van der Waals surface area (Å²) in [4.78, 5) is 0. The number of halogens is 2. The summed E-state index contributed by atoms with van der Waals surface area (Å²) in [5.74, 6) is 0.0226. The van der Waals surface area contributed by atoms with Crippen LogP contribution in [0.5, 0.6) is 0 Å². The van der Waals surface area contributed by atoms with Crippen LogP contribution in [0.15, 0.2) is 34.7 Å². The molecule has 102 valence electrons. The van der Waals surface area contributed by atoms with Crippen molar-refractivity contribution in [3.05, 3.63) is 59.1 Å². The van der Waals surface area contributed by atoms with Gasteiger partial charge in [-0.1, -0.05) is 6.07 Å². The highest BCUT2D eigenvalue weighted by Gasteiger charge is 2.15. The molecule has 0 aliphatic heterocycles. The number of furan rings is 1. The molecule has 0 amide bonds. The van der Waals surface area contributed by atoms with Crippen molar-refractivity contribution in [3.8, 4) is 0 Å². The number of hydrogen-bond acceptors (Lipinski definition) is 2. The molecule has 0 spiro atoms. The van der Waals surface area contributed by atoms with Gasteiger partial charge in [0.25, 0.3) is 0 Å². The molecule has 1 N–H and O–H groups in total. The fourth-order valence-corrected chi connectivity index (χ4v) is 2.02. The van der Waals surface area contributed by atoms with E-state index in [-0.39, 0.29) is 12.1 Å². The van der Waals surface area contributed by atoms with Crippen molar-refractivity contribution in [2.24, 2.45) is 0 Å². The number of aryl methyl sites for hydroxylation is 1. The highest BCUT2D eigenvalue weighted by molar-refractivity contribution is 5.21. The topological polar surface area (TPSA) is 25.2 Å². The van der Waals surface area contributed by atoms with E-state index in [0.717, 1.165) is 17.6 Å². The molecule has 19 heavy (non-hydrogen) atoms. The zero-order valence-corrected chi connectivity index (χ0v) is 11.2. The third-order valence-corrected chi connectivity index (χ3v) is 3.13. The monoisotopic (exact) mass is 265 g/mol. The molecule has 4 heteroatoms. The van der Waals surface area contributed by atoms with Crippen LogP contribution < -0.4 is 5.32 Å². The molecule has 2 atom stereocenters. The van der Waals surface area contributed by atoms with Gasteiger partial charge in [0, 0.05) is 6.04 Å². The Hall–Kier alpha value is -1.68. The van der Waals surface area contributed by atoms with Gasteiger partial charge in [0.05, 0.1) is 6.04 Å². The molecule has 2 unspecified atom stereocenters. The third-order valence-electron chi connectivity index (χ3n) is 3.13. The van der Waals surface area contributed by atoms with Gasteiger partial charge in [-0.15, -0.1) is 0 Å². The van der Waals surface area contributed by atoms with Gasteiger partial charge in [-0.05, 0) is 50.6 Å². The lowest BCUT2D eigenvalue weighted by Gasteiger charge is -2.19. The Labute approximate surface area is 111 Å². The van der Waals surface area contributed by atoms with E-state index in [1.165, 1.54) is 6.07 Å². The van der Waals surface area contributed by atoms with Gasteiger partial charge >= 0.3 is 0 Å². The van der Waals surface area contributed by atoms with Gasteiger partial charge in [-0.25, -0.2) is 8.78 Å². The van der Waals surface area contributed by atoms with Gasteiger partial charge < -0.3 is 9.73 Å². The zero-order chi connectivity index (χ0) is 14.0. The normalized spacial score (nSPS) is 14.4. The number of nitrogens with one attached hydrogen (secondary N) is 1. The maximum absolute atomic E-state index is 13.2. The average molecular weight is 265 g/mol. The minimum absolute atomic E-state index is 0.00295. The maximum Gasteiger partial charge on any atom is 0.159 e. The molecule has 0 radical (unpaired) electrons. The largest absolute Gasteiger partial charge is 0.465 e. The highest BCUT2D eigenvalue weighted by Crippen LogP contribution is 2.22. The minimum Gasteiger partial charge on any atom is -0.465 e. The first-order valence-corrected chi connectivity index (χ1v) is 6.24. The Morgan fingerprint density at radius 3 is 2.32 bits per heavy atom. The van der Waals surface area contributed by atoms with Crippen LogP contribution in [0.25, 0.3) is 0 Å². The molecule has 2 aromatic rings. The average Bonchev–Trinajstić information content (AvgIpc) is 2.79. The smallest absolute Gasteiger partial charge is 0.159 e. The van der Waals surface area contributed by atoms with E-state index in [0.29, 0.717) is 5.56 Å². The van der Waals surface area contributed by atoms with Gasteiger partial charge in [-0.2, -0.15) is 0 Å². The number of rotatable bonds is 4. The molecule has 0 fully saturated rings. The van der Waals surface area contributed by atoms with Crippen LogP contribution in [0.2, 0.25) is 0 Å². The predicted octanol–water partition coefficient (Wildman–Crippen LogP) is 4.28. The predicted molar refractivity (Wildman–Crippen MR) is 69.8 cm³/mol. The molecule has 0 saturated carbocycles. The van der Waals surface area contributed by atoms with Crippen molar-refractivity contribution in [1.29, 1.82) is 0 Å². The fourth-order valence-electron chi connectivity index (χ4n) is 2.02. The zero-order valence-electron chi connectivity index (χ0n) is 11.2. The summed E-state index contributed by atoms with van der Waals surface area (Å²) in [6, 6.07) is 7.64. The first-order chi connectivity index (χ1) is 8.97. The van der Waals surface area contributed by atoms with E-state index in [4.69, 9.17) is 4.42 Å². The summed E-state index contributed by atoms with van der Waals surface area (Å²) < 4.78 is 31.6. The van der Waals surface area contributed by atoms with E-state index < -0.39 is 11.6 Å². The minimum atomic E-state index is -0.828. The summed E-state index contributed by atoms with van der Waals surface area (Å²) in [5.41, 5.74) is 0.703. The summed E-state index contributed by atoms with van der Waals surface area (Å²) in [7, 11) is 0. The first kappa shape index (κ1) is 13.7. The summed E-state index contributed by atoms with van der Waals surface area (Å²) in [5, 5.41) is 3.29. The molecule has 2 rings (SSSR count). The SMILES string of the molecule is Cc1ccc(C(C)NC(C)c2ccc(F)c(F)c2)o1.